The number of aryl methyl sites for hydroxylation is 2. The third kappa shape index (κ3) is 2.62. The minimum absolute atomic E-state index is 0.123. The van der Waals surface area contributed by atoms with Gasteiger partial charge in [-0.1, -0.05) is 30.3 Å². The van der Waals surface area contributed by atoms with Crippen LogP contribution in [0.1, 0.15) is 18.1 Å². The number of phenols is 1. The molecule has 4 rings (SSSR count). The van der Waals surface area contributed by atoms with Crippen LogP contribution in [0.25, 0.3) is 27.8 Å². The Kier molecular flexibility index (Phi) is 3.92. The van der Waals surface area contributed by atoms with Crippen LogP contribution in [-0.4, -0.2) is 20.1 Å². The first-order chi connectivity index (χ1) is 12.6. The van der Waals surface area contributed by atoms with E-state index < -0.39 is 0 Å². The molecule has 1 heterocycles. The Morgan fingerprint density at radius 3 is 2.65 bits per heavy atom. The predicted octanol–water partition coefficient (Wildman–Crippen LogP) is 4.80. The molecule has 0 fully saturated rings. The smallest absolute Gasteiger partial charge is 0.126 e. The molecule has 1 aromatic heterocycles. The van der Waals surface area contributed by atoms with Crippen molar-refractivity contribution in [2.24, 2.45) is 0 Å². The largest absolute Gasteiger partial charge is 0.507 e. The summed E-state index contributed by atoms with van der Waals surface area (Å²) in [5.74, 6) is -0.233. The Hall–Kier alpha value is -3.21. The Labute approximate surface area is 150 Å². The van der Waals surface area contributed by atoms with Gasteiger partial charge < -0.3 is 5.11 Å². The number of rotatable bonds is 3. The summed E-state index contributed by atoms with van der Waals surface area (Å²) in [5, 5.41) is 19.0. The summed E-state index contributed by atoms with van der Waals surface area (Å²) in [4.78, 5) is 0. The summed E-state index contributed by atoms with van der Waals surface area (Å²) in [6.07, 6.45) is 0.559. The van der Waals surface area contributed by atoms with Crippen molar-refractivity contribution in [1.29, 1.82) is 0 Å². The molecule has 0 saturated carbocycles. The number of halogens is 1. The number of nitrogens with zero attached hydrogens (tertiary/aromatic N) is 3. The minimum atomic E-state index is -0.356. The fourth-order valence-electron chi connectivity index (χ4n) is 3.22. The van der Waals surface area contributed by atoms with E-state index in [1.54, 1.807) is 4.68 Å². The lowest BCUT2D eigenvalue weighted by molar-refractivity contribution is 0.468. The van der Waals surface area contributed by atoms with Gasteiger partial charge in [0.05, 0.1) is 11.2 Å². The molecular formula is C21H18FN3O. The van der Waals surface area contributed by atoms with Gasteiger partial charge in [0, 0.05) is 5.56 Å². The number of aromatic hydroxyl groups is 1. The van der Waals surface area contributed by atoms with Crippen LogP contribution in [0.3, 0.4) is 0 Å². The lowest BCUT2D eigenvalue weighted by Gasteiger charge is -2.13. The lowest BCUT2D eigenvalue weighted by atomic mass is 9.96. The molecule has 0 unspecified atom stereocenters. The standard InChI is InChI=1S/C21H18FN3O/c1-3-14-10-15(22)11-18(21(14)26)17-12-16(9-8-13(17)2)25-20-7-5-4-6-19(20)23-24-25/h4-12,26H,3H2,1-2H3. The molecular weight excluding hydrogens is 329 g/mol. The van der Waals surface area contributed by atoms with E-state index in [0.29, 0.717) is 17.5 Å². The SMILES string of the molecule is CCc1cc(F)cc(-c2cc(-n3nnc4ccccc43)ccc2C)c1O. The highest BCUT2D eigenvalue weighted by atomic mass is 19.1. The van der Waals surface area contributed by atoms with Crippen LogP contribution in [0, 0.1) is 12.7 Å². The van der Waals surface area contributed by atoms with E-state index in [0.717, 1.165) is 27.8 Å². The van der Waals surface area contributed by atoms with Crippen molar-refractivity contribution < 1.29 is 9.50 Å². The normalized spacial score (nSPS) is 11.2. The summed E-state index contributed by atoms with van der Waals surface area (Å²) < 4.78 is 15.8. The van der Waals surface area contributed by atoms with Crippen molar-refractivity contribution in [3.63, 3.8) is 0 Å². The number of fused-ring (bicyclic) bond motifs is 1. The van der Waals surface area contributed by atoms with Crippen LogP contribution in [0.5, 0.6) is 5.75 Å². The summed E-state index contributed by atoms with van der Waals surface area (Å²) >= 11 is 0. The Morgan fingerprint density at radius 1 is 1.04 bits per heavy atom. The summed E-state index contributed by atoms with van der Waals surface area (Å²) in [5.41, 5.74) is 5.30. The zero-order chi connectivity index (χ0) is 18.3. The molecule has 1 N–H and O–H groups in total. The first-order valence-electron chi connectivity index (χ1n) is 8.51. The van der Waals surface area contributed by atoms with Crippen molar-refractivity contribution in [1.82, 2.24) is 15.0 Å². The molecule has 0 aliphatic rings. The molecule has 130 valence electrons. The van der Waals surface area contributed by atoms with Crippen LogP contribution >= 0.6 is 0 Å². The third-order valence-corrected chi connectivity index (χ3v) is 4.64. The maximum absolute atomic E-state index is 14.1. The topological polar surface area (TPSA) is 50.9 Å². The first-order valence-corrected chi connectivity index (χ1v) is 8.51. The lowest BCUT2D eigenvalue weighted by Crippen LogP contribution is -1.98. The molecule has 4 aromatic rings. The maximum atomic E-state index is 14.1. The molecule has 5 heteroatoms. The molecule has 0 atom stereocenters. The predicted molar refractivity (Wildman–Crippen MR) is 100 cm³/mol. The van der Waals surface area contributed by atoms with Gasteiger partial charge in [0.15, 0.2) is 0 Å². The fraction of sp³-hybridized carbons (Fsp3) is 0.143. The molecule has 0 saturated heterocycles. The second-order valence-corrected chi connectivity index (χ2v) is 6.30. The van der Waals surface area contributed by atoms with E-state index in [2.05, 4.69) is 10.3 Å². The van der Waals surface area contributed by atoms with Crippen molar-refractivity contribution in [3.05, 3.63) is 71.5 Å². The number of hydrogen-bond donors (Lipinski definition) is 1. The maximum Gasteiger partial charge on any atom is 0.126 e. The second kappa shape index (κ2) is 6.26. The molecule has 0 radical (unpaired) electrons. The van der Waals surface area contributed by atoms with E-state index in [1.807, 2.05) is 56.3 Å². The molecule has 0 bridgehead atoms. The van der Waals surface area contributed by atoms with Gasteiger partial charge in [0.25, 0.3) is 0 Å². The van der Waals surface area contributed by atoms with Crippen LogP contribution < -0.4 is 0 Å². The molecule has 0 aliphatic heterocycles. The van der Waals surface area contributed by atoms with E-state index in [1.165, 1.54) is 12.1 Å². The van der Waals surface area contributed by atoms with Gasteiger partial charge in [-0.05, 0) is 66.4 Å². The van der Waals surface area contributed by atoms with Crippen molar-refractivity contribution in [3.8, 4) is 22.6 Å². The molecule has 3 aromatic carbocycles. The summed E-state index contributed by atoms with van der Waals surface area (Å²) in [6, 6.07) is 16.2. The van der Waals surface area contributed by atoms with Gasteiger partial charge >= 0.3 is 0 Å². The Bertz CT molecular complexity index is 1120. The zero-order valence-corrected chi connectivity index (χ0v) is 14.6. The number of hydrogen-bond acceptors (Lipinski definition) is 3. The molecule has 26 heavy (non-hydrogen) atoms. The molecule has 4 nitrogen and oxygen atoms in total. The highest BCUT2D eigenvalue weighted by Crippen LogP contribution is 2.36. The average Bonchev–Trinajstić information content (AvgIpc) is 3.08. The number of phenolic OH excluding ortho intramolecular Hbond substituents is 1. The van der Waals surface area contributed by atoms with E-state index >= 15 is 0 Å². The highest BCUT2D eigenvalue weighted by molar-refractivity contribution is 5.79. The average molecular weight is 347 g/mol. The van der Waals surface area contributed by atoms with Gasteiger partial charge in [-0.3, -0.25) is 0 Å². The van der Waals surface area contributed by atoms with Crippen LogP contribution in [-0.2, 0) is 6.42 Å². The van der Waals surface area contributed by atoms with Crippen LogP contribution in [0.15, 0.2) is 54.6 Å². The monoisotopic (exact) mass is 347 g/mol. The molecule has 0 aliphatic carbocycles. The van der Waals surface area contributed by atoms with Gasteiger partial charge in [-0.2, -0.15) is 0 Å². The quantitative estimate of drug-likeness (QED) is 0.579. The van der Waals surface area contributed by atoms with Crippen LogP contribution in [0.4, 0.5) is 4.39 Å². The summed E-state index contributed by atoms with van der Waals surface area (Å²) in [7, 11) is 0. The number of para-hydroxylation sites is 1. The zero-order valence-electron chi connectivity index (χ0n) is 14.6. The van der Waals surface area contributed by atoms with Crippen molar-refractivity contribution in [2.75, 3.05) is 0 Å². The van der Waals surface area contributed by atoms with E-state index in [4.69, 9.17) is 0 Å². The third-order valence-electron chi connectivity index (χ3n) is 4.64. The Morgan fingerprint density at radius 2 is 1.85 bits per heavy atom. The molecule has 0 amide bonds. The Balaban J connectivity index is 1.92. The minimum Gasteiger partial charge on any atom is -0.507 e. The fourth-order valence-corrected chi connectivity index (χ4v) is 3.22. The van der Waals surface area contributed by atoms with Crippen molar-refractivity contribution >= 4 is 11.0 Å². The first kappa shape index (κ1) is 16.3. The number of benzene rings is 3. The van der Waals surface area contributed by atoms with Gasteiger partial charge in [-0.15, -0.1) is 5.10 Å². The van der Waals surface area contributed by atoms with Crippen LogP contribution in [0.2, 0.25) is 0 Å². The summed E-state index contributed by atoms with van der Waals surface area (Å²) in [6.45, 7) is 3.83. The van der Waals surface area contributed by atoms with Gasteiger partial charge in [0.2, 0.25) is 0 Å². The van der Waals surface area contributed by atoms with E-state index in [9.17, 15) is 9.50 Å². The highest BCUT2D eigenvalue weighted by Gasteiger charge is 2.15. The van der Waals surface area contributed by atoms with E-state index in [-0.39, 0.29) is 11.6 Å². The van der Waals surface area contributed by atoms with Crippen molar-refractivity contribution in [2.45, 2.75) is 20.3 Å². The number of aromatic nitrogens is 3. The second-order valence-electron chi connectivity index (χ2n) is 6.30. The molecule has 0 spiro atoms. The van der Waals surface area contributed by atoms with Gasteiger partial charge in [-0.25, -0.2) is 9.07 Å². The van der Waals surface area contributed by atoms with Gasteiger partial charge in [0.1, 0.15) is 17.1 Å².